The number of hydrogen-bond acceptors (Lipinski definition) is 3. The zero-order valence-corrected chi connectivity index (χ0v) is 14.1. The Morgan fingerprint density at radius 3 is 2.27 bits per heavy atom. The molecule has 0 radical (unpaired) electrons. The molecular weight excluding hydrogens is 334 g/mol. The molecule has 2 heterocycles. The molecule has 1 N–H and O–H groups in total. The number of aromatic amines is 1. The van der Waals surface area contributed by atoms with Gasteiger partial charge < -0.3 is 9.88 Å². The van der Waals surface area contributed by atoms with Gasteiger partial charge in [0.15, 0.2) is 5.82 Å². The zero-order chi connectivity index (χ0) is 18.1. The van der Waals surface area contributed by atoms with Crippen molar-refractivity contribution in [3.8, 4) is 11.4 Å². The number of aromatic nitrogens is 3. The summed E-state index contributed by atoms with van der Waals surface area (Å²) in [5, 5.41) is 0. The Bertz CT molecular complexity index is 1050. The number of nitrogens with one attached hydrogen (secondary N) is 1. The number of halogens is 2. The van der Waals surface area contributed by atoms with Gasteiger partial charge in [0.2, 0.25) is 5.82 Å². The molecule has 2 aromatic carbocycles. The maximum absolute atomic E-state index is 14.3. The van der Waals surface area contributed by atoms with Crippen molar-refractivity contribution in [3.63, 3.8) is 0 Å². The van der Waals surface area contributed by atoms with Crippen molar-refractivity contribution in [1.82, 2.24) is 15.0 Å². The van der Waals surface area contributed by atoms with Crippen molar-refractivity contribution < 1.29 is 8.78 Å². The number of pyridine rings is 1. The van der Waals surface area contributed by atoms with E-state index in [0.29, 0.717) is 23.7 Å². The molecule has 4 nitrogen and oxygen atoms in total. The summed E-state index contributed by atoms with van der Waals surface area (Å²) >= 11 is 0. The number of imidazole rings is 1. The normalized spacial score (nSPS) is 11.0. The van der Waals surface area contributed by atoms with E-state index < -0.39 is 11.8 Å². The number of anilines is 1. The van der Waals surface area contributed by atoms with Gasteiger partial charge in [-0.05, 0) is 5.56 Å². The first kappa shape index (κ1) is 16.2. The van der Waals surface area contributed by atoms with Gasteiger partial charge in [-0.2, -0.15) is 13.8 Å². The van der Waals surface area contributed by atoms with Crippen LogP contribution in [0.3, 0.4) is 0 Å². The lowest BCUT2D eigenvalue weighted by Gasteiger charge is -2.19. The molecule has 0 spiro atoms. The van der Waals surface area contributed by atoms with Crippen LogP contribution in [-0.2, 0) is 6.54 Å². The monoisotopic (exact) mass is 350 g/mol. The summed E-state index contributed by atoms with van der Waals surface area (Å²) in [6.07, 6.45) is 0. The third-order valence-electron chi connectivity index (χ3n) is 4.19. The zero-order valence-electron chi connectivity index (χ0n) is 14.1. The highest BCUT2D eigenvalue weighted by Gasteiger charge is 2.21. The molecule has 0 unspecified atom stereocenters. The van der Waals surface area contributed by atoms with Crippen LogP contribution in [0.5, 0.6) is 0 Å². The van der Waals surface area contributed by atoms with E-state index in [1.807, 2.05) is 60.7 Å². The molecule has 0 aliphatic heterocycles. The maximum atomic E-state index is 14.3. The summed E-state index contributed by atoms with van der Waals surface area (Å²) in [6.45, 7) is 0.508. The van der Waals surface area contributed by atoms with E-state index in [-0.39, 0.29) is 5.52 Å². The third kappa shape index (κ3) is 2.90. The molecule has 0 bridgehead atoms. The van der Waals surface area contributed by atoms with Crippen LogP contribution in [-0.4, -0.2) is 22.0 Å². The molecule has 0 amide bonds. The molecule has 0 atom stereocenters. The minimum atomic E-state index is -1.15. The molecule has 0 aliphatic rings. The molecule has 0 saturated heterocycles. The van der Waals surface area contributed by atoms with E-state index in [9.17, 15) is 8.78 Å². The Labute approximate surface area is 149 Å². The Morgan fingerprint density at radius 2 is 1.58 bits per heavy atom. The van der Waals surface area contributed by atoms with Gasteiger partial charge in [-0.1, -0.05) is 60.7 Å². The molecule has 130 valence electrons. The summed E-state index contributed by atoms with van der Waals surface area (Å²) in [6, 6.07) is 19.0. The summed E-state index contributed by atoms with van der Waals surface area (Å²) in [5.41, 5.74) is 2.16. The van der Waals surface area contributed by atoms with Gasteiger partial charge >= 0.3 is 0 Å². The number of rotatable bonds is 4. The Balaban J connectivity index is 1.81. The predicted molar refractivity (Wildman–Crippen MR) is 97.8 cm³/mol. The molecule has 6 heteroatoms. The lowest BCUT2D eigenvalue weighted by atomic mass is 10.2. The van der Waals surface area contributed by atoms with Crippen LogP contribution in [0.25, 0.3) is 22.4 Å². The van der Waals surface area contributed by atoms with Crippen molar-refractivity contribution >= 4 is 16.9 Å². The van der Waals surface area contributed by atoms with E-state index in [1.165, 1.54) is 0 Å². The summed E-state index contributed by atoms with van der Waals surface area (Å²) < 4.78 is 28.3. The van der Waals surface area contributed by atoms with Crippen LogP contribution in [0.1, 0.15) is 5.56 Å². The fourth-order valence-corrected chi connectivity index (χ4v) is 2.93. The first-order chi connectivity index (χ1) is 12.6. The van der Waals surface area contributed by atoms with E-state index in [4.69, 9.17) is 0 Å². The van der Waals surface area contributed by atoms with Gasteiger partial charge in [0.1, 0.15) is 16.9 Å². The van der Waals surface area contributed by atoms with Gasteiger partial charge in [0.05, 0.1) is 0 Å². The second kappa shape index (κ2) is 6.55. The highest BCUT2D eigenvalue weighted by Crippen LogP contribution is 2.29. The summed E-state index contributed by atoms with van der Waals surface area (Å²) in [7, 11) is 1.79. The van der Waals surface area contributed by atoms with Crippen LogP contribution in [0, 0.1) is 11.8 Å². The number of benzene rings is 2. The molecule has 26 heavy (non-hydrogen) atoms. The Kier molecular flexibility index (Phi) is 4.08. The van der Waals surface area contributed by atoms with Crippen LogP contribution in [0.4, 0.5) is 14.6 Å². The van der Waals surface area contributed by atoms with Crippen LogP contribution < -0.4 is 4.90 Å². The summed E-state index contributed by atoms with van der Waals surface area (Å²) in [5.74, 6) is -1.41. The van der Waals surface area contributed by atoms with E-state index in [0.717, 1.165) is 11.1 Å². The van der Waals surface area contributed by atoms with Crippen molar-refractivity contribution in [2.24, 2.45) is 0 Å². The maximum Gasteiger partial charge on any atom is 0.253 e. The first-order valence-electron chi connectivity index (χ1n) is 8.18. The fourth-order valence-electron chi connectivity index (χ4n) is 2.93. The van der Waals surface area contributed by atoms with Gasteiger partial charge in [-0.15, -0.1) is 0 Å². The lowest BCUT2D eigenvalue weighted by molar-refractivity contribution is 0.486. The van der Waals surface area contributed by atoms with Gasteiger partial charge in [-0.3, -0.25) is 0 Å². The Morgan fingerprint density at radius 1 is 0.923 bits per heavy atom. The number of fused-ring (bicyclic) bond motifs is 1. The number of H-pyrrole nitrogens is 1. The fraction of sp³-hybridized carbons (Fsp3) is 0.100. The second-order valence-corrected chi connectivity index (χ2v) is 6.06. The minimum absolute atomic E-state index is 0.0498. The Hall–Kier alpha value is -3.28. The van der Waals surface area contributed by atoms with Crippen LogP contribution in [0.2, 0.25) is 0 Å². The van der Waals surface area contributed by atoms with Crippen molar-refractivity contribution in [1.29, 1.82) is 0 Å². The lowest BCUT2D eigenvalue weighted by Crippen LogP contribution is -2.19. The first-order valence-corrected chi connectivity index (χ1v) is 8.18. The largest absolute Gasteiger partial charge is 0.353 e. The molecule has 0 aliphatic carbocycles. The molecule has 2 aromatic heterocycles. The molecule has 4 rings (SSSR count). The SMILES string of the molecule is CN(Cc1ccccc1)c1nc(F)c(F)c2nc(-c3ccccc3)[nH]c12. The standard InChI is InChI=1S/C20H16F2N4/c1-26(12-13-8-4-2-5-9-13)20-17-16(15(21)18(22)25-20)23-19(24-17)14-10-6-3-7-11-14/h2-11H,12H2,1H3,(H,23,24). The van der Waals surface area contributed by atoms with Crippen molar-refractivity contribution in [3.05, 3.63) is 78.0 Å². The van der Waals surface area contributed by atoms with Gasteiger partial charge in [0.25, 0.3) is 5.95 Å². The molecular formula is C20H16F2N4. The predicted octanol–water partition coefficient (Wildman–Crippen LogP) is 4.54. The van der Waals surface area contributed by atoms with Crippen LogP contribution >= 0.6 is 0 Å². The van der Waals surface area contributed by atoms with E-state index in [2.05, 4.69) is 15.0 Å². The molecule has 4 aromatic rings. The smallest absolute Gasteiger partial charge is 0.253 e. The van der Waals surface area contributed by atoms with E-state index in [1.54, 1.807) is 11.9 Å². The minimum Gasteiger partial charge on any atom is -0.353 e. The summed E-state index contributed by atoms with van der Waals surface area (Å²) in [4.78, 5) is 12.9. The highest BCUT2D eigenvalue weighted by molar-refractivity contribution is 5.89. The van der Waals surface area contributed by atoms with Crippen molar-refractivity contribution in [2.45, 2.75) is 6.54 Å². The average molecular weight is 350 g/mol. The van der Waals surface area contributed by atoms with Gasteiger partial charge in [-0.25, -0.2) is 4.98 Å². The van der Waals surface area contributed by atoms with Crippen LogP contribution in [0.15, 0.2) is 60.7 Å². The highest BCUT2D eigenvalue weighted by atomic mass is 19.2. The van der Waals surface area contributed by atoms with Gasteiger partial charge in [0, 0.05) is 19.2 Å². The topological polar surface area (TPSA) is 44.8 Å². The third-order valence-corrected chi connectivity index (χ3v) is 4.19. The second-order valence-electron chi connectivity index (χ2n) is 6.06. The average Bonchev–Trinajstić information content (AvgIpc) is 3.12. The molecule has 0 fully saturated rings. The number of hydrogen-bond donors (Lipinski definition) is 1. The quantitative estimate of drug-likeness (QED) is 0.550. The molecule has 0 saturated carbocycles. The van der Waals surface area contributed by atoms with E-state index >= 15 is 0 Å². The number of nitrogens with zero attached hydrogens (tertiary/aromatic N) is 3. The van der Waals surface area contributed by atoms with Crippen molar-refractivity contribution in [2.75, 3.05) is 11.9 Å².